The molecule has 0 aromatic heterocycles. The van der Waals surface area contributed by atoms with E-state index in [1.165, 1.54) is 36.3 Å². The van der Waals surface area contributed by atoms with Crippen molar-refractivity contribution < 1.29 is 19.2 Å². The third-order valence-corrected chi connectivity index (χ3v) is 5.44. The van der Waals surface area contributed by atoms with E-state index in [1.807, 2.05) is 6.92 Å². The maximum Gasteiger partial charge on any atom is 0.340 e. The largest absolute Gasteiger partial charge is 0.465 e. The second-order valence-electron chi connectivity index (χ2n) is 6.55. The van der Waals surface area contributed by atoms with Gasteiger partial charge in [-0.2, -0.15) is 0 Å². The molecule has 1 heterocycles. The number of esters is 1. The maximum atomic E-state index is 13.3. The molecule has 154 valence electrons. The lowest BCUT2D eigenvalue weighted by Gasteiger charge is -2.18. The Hall–Kier alpha value is -3.16. The molecule has 0 aliphatic carbocycles. The van der Waals surface area contributed by atoms with Crippen LogP contribution in [-0.2, 0) is 14.3 Å². The summed E-state index contributed by atoms with van der Waals surface area (Å²) in [5, 5.41) is 11.8. The third-order valence-electron chi connectivity index (χ3n) is 4.69. The number of hydrogen-bond acceptors (Lipinski definition) is 5. The molecule has 2 aromatic carbocycles. The zero-order chi connectivity index (χ0) is 22.2. The summed E-state index contributed by atoms with van der Waals surface area (Å²) < 4.78 is 4.86. The minimum Gasteiger partial charge on any atom is -0.465 e. The molecular formula is C21H16Cl2N2O5. The van der Waals surface area contributed by atoms with Crippen molar-refractivity contribution in [2.24, 2.45) is 0 Å². The molecule has 0 bridgehead atoms. The van der Waals surface area contributed by atoms with Gasteiger partial charge in [0.05, 0.1) is 28.9 Å². The first-order chi connectivity index (χ1) is 14.1. The van der Waals surface area contributed by atoms with Crippen LogP contribution in [0.4, 0.5) is 11.4 Å². The van der Waals surface area contributed by atoms with E-state index in [-0.39, 0.29) is 27.4 Å². The summed E-state index contributed by atoms with van der Waals surface area (Å²) in [6, 6.07) is 8.94. The summed E-state index contributed by atoms with van der Waals surface area (Å²) in [6.45, 7) is 3.43. The lowest BCUT2D eigenvalue weighted by atomic mass is 10.0. The fourth-order valence-electron chi connectivity index (χ4n) is 3.12. The van der Waals surface area contributed by atoms with Crippen molar-refractivity contribution in [3.8, 4) is 0 Å². The van der Waals surface area contributed by atoms with Crippen LogP contribution in [-0.4, -0.2) is 23.9 Å². The summed E-state index contributed by atoms with van der Waals surface area (Å²) in [6.07, 6.45) is 1.35. The van der Waals surface area contributed by atoms with Crippen LogP contribution >= 0.6 is 23.2 Å². The molecule has 1 aliphatic rings. The topological polar surface area (TPSA) is 89.8 Å². The Labute approximate surface area is 182 Å². The molecule has 30 heavy (non-hydrogen) atoms. The van der Waals surface area contributed by atoms with Gasteiger partial charge in [0.25, 0.3) is 11.6 Å². The number of benzene rings is 2. The summed E-state index contributed by atoms with van der Waals surface area (Å²) >= 11 is 12.4. The zero-order valence-corrected chi connectivity index (χ0v) is 17.7. The van der Waals surface area contributed by atoms with E-state index in [1.54, 1.807) is 25.1 Å². The van der Waals surface area contributed by atoms with Gasteiger partial charge in [0.15, 0.2) is 0 Å². The van der Waals surface area contributed by atoms with Gasteiger partial charge in [0.2, 0.25) is 0 Å². The summed E-state index contributed by atoms with van der Waals surface area (Å²) in [5.41, 5.74) is 1.75. The highest BCUT2D eigenvalue weighted by molar-refractivity contribution is 6.33. The minimum absolute atomic E-state index is 0.0124. The molecule has 9 heteroatoms. The number of ether oxygens (including phenoxy) is 1. The lowest BCUT2D eigenvalue weighted by molar-refractivity contribution is -0.384. The molecule has 0 saturated heterocycles. The molecule has 1 aliphatic heterocycles. The van der Waals surface area contributed by atoms with Gasteiger partial charge in [0.1, 0.15) is 0 Å². The molecule has 3 rings (SSSR count). The van der Waals surface area contributed by atoms with E-state index in [0.717, 1.165) is 5.56 Å². The Morgan fingerprint density at radius 3 is 2.43 bits per heavy atom. The van der Waals surface area contributed by atoms with Crippen LogP contribution in [0.1, 0.15) is 18.1 Å². The number of amides is 1. The number of hydrogen-bond donors (Lipinski definition) is 0. The molecule has 0 atom stereocenters. The van der Waals surface area contributed by atoms with Crippen molar-refractivity contribution in [3.05, 3.63) is 84.5 Å². The number of carbonyl (C=O) groups is 2. The normalized spacial score (nSPS) is 15.2. The number of halogens is 2. The van der Waals surface area contributed by atoms with E-state index >= 15 is 0 Å². The number of nitro benzene ring substituents is 1. The second-order valence-corrected chi connectivity index (χ2v) is 7.36. The Kier molecular flexibility index (Phi) is 5.96. The second kappa shape index (κ2) is 8.30. The maximum absolute atomic E-state index is 13.3. The van der Waals surface area contributed by atoms with Crippen LogP contribution in [0, 0.1) is 17.0 Å². The average Bonchev–Trinajstić information content (AvgIpc) is 2.94. The molecule has 0 spiro atoms. The van der Waals surface area contributed by atoms with Gasteiger partial charge in [-0.25, -0.2) is 4.79 Å². The van der Waals surface area contributed by atoms with Crippen molar-refractivity contribution in [1.82, 2.24) is 0 Å². The van der Waals surface area contributed by atoms with Gasteiger partial charge in [-0.1, -0.05) is 29.3 Å². The number of anilines is 1. The van der Waals surface area contributed by atoms with Crippen LogP contribution in [0.25, 0.3) is 6.08 Å². The zero-order valence-electron chi connectivity index (χ0n) is 16.2. The minimum atomic E-state index is -0.714. The predicted molar refractivity (Wildman–Crippen MR) is 114 cm³/mol. The molecule has 0 N–H and O–H groups in total. The van der Waals surface area contributed by atoms with Crippen LogP contribution in [0.5, 0.6) is 0 Å². The first-order valence-corrected chi connectivity index (χ1v) is 9.47. The van der Waals surface area contributed by atoms with E-state index in [9.17, 15) is 19.7 Å². The summed E-state index contributed by atoms with van der Waals surface area (Å²) in [5.74, 6) is -1.22. The Morgan fingerprint density at radius 2 is 1.83 bits per heavy atom. The highest BCUT2D eigenvalue weighted by atomic mass is 35.5. The number of aryl methyl sites for hydroxylation is 1. The fraction of sp³-hybridized carbons (Fsp3) is 0.143. The molecule has 7 nitrogen and oxygen atoms in total. The van der Waals surface area contributed by atoms with Crippen molar-refractivity contribution in [1.29, 1.82) is 0 Å². The Bertz CT molecular complexity index is 1150. The van der Waals surface area contributed by atoms with Gasteiger partial charge < -0.3 is 4.74 Å². The predicted octanol–water partition coefficient (Wildman–Crippen LogP) is 5.09. The van der Waals surface area contributed by atoms with Gasteiger partial charge in [-0.05, 0) is 43.7 Å². The Morgan fingerprint density at radius 1 is 1.13 bits per heavy atom. The highest BCUT2D eigenvalue weighted by Gasteiger charge is 2.38. The SMILES string of the molecule is COC(=O)C1=C(C)N(c2ccc(C)c(Cl)c2)C(=O)/C1=C\c1cc([N+](=O)[O-])ccc1Cl. The van der Waals surface area contributed by atoms with Crippen molar-refractivity contribution in [2.45, 2.75) is 13.8 Å². The number of carbonyl (C=O) groups excluding carboxylic acids is 2. The van der Waals surface area contributed by atoms with Crippen LogP contribution in [0.3, 0.4) is 0 Å². The molecular weight excluding hydrogens is 431 g/mol. The van der Waals surface area contributed by atoms with Crippen LogP contribution in [0.15, 0.2) is 53.2 Å². The van der Waals surface area contributed by atoms with Gasteiger partial charge in [-0.3, -0.25) is 19.8 Å². The Balaban J connectivity index is 2.19. The first-order valence-electron chi connectivity index (χ1n) is 8.71. The van der Waals surface area contributed by atoms with Crippen molar-refractivity contribution >= 4 is 52.5 Å². The number of methoxy groups -OCH3 is 1. The molecule has 0 saturated carbocycles. The molecule has 0 fully saturated rings. The summed E-state index contributed by atoms with van der Waals surface area (Å²) in [7, 11) is 1.20. The van der Waals surface area contributed by atoms with Crippen molar-refractivity contribution in [2.75, 3.05) is 12.0 Å². The van der Waals surface area contributed by atoms with Crippen LogP contribution in [0.2, 0.25) is 10.0 Å². The number of non-ortho nitro benzene ring substituents is 1. The number of rotatable bonds is 4. The van der Waals surface area contributed by atoms with Gasteiger partial charge in [-0.15, -0.1) is 0 Å². The van der Waals surface area contributed by atoms with Gasteiger partial charge in [0, 0.05) is 33.4 Å². The highest BCUT2D eigenvalue weighted by Crippen LogP contribution is 2.37. The number of nitrogens with zero attached hydrogens (tertiary/aromatic N) is 2. The summed E-state index contributed by atoms with van der Waals surface area (Å²) in [4.78, 5) is 37.6. The average molecular weight is 447 g/mol. The van der Waals surface area contributed by atoms with E-state index in [0.29, 0.717) is 16.4 Å². The standard InChI is InChI=1S/C21H16Cl2N2O5/c1-11-4-5-14(10-18(11)23)24-12(2)19(21(27)30-3)16(20(24)26)9-13-8-15(25(28)29)6-7-17(13)22/h4-10H,1-3H3/b16-9-. The van der Waals surface area contributed by atoms with Gasteiger partial charge >= 0.3 is 5.97 Å². The van der Waals surface area contributed by atoms with E-state index in [2.05, 4.69) is 0 Å². The lowest BCUT2D eigenvalue weighted by Crippen LogP contribution is -2.24. The first kappa shape index (κ1) is 21.5. The quantitative estimate of drug-likeness (QED) is 0.282. The monoisotopic (exact) mass is 446 g/mol. The third kappa shape index (κ3) is 3.81. The molecule has 0 unspecified atom stereocenters. The van der Waals surface area contributed by atoms with Crippen molar-refractivity contribution in [3.63, 3.8) is 0 Å². The molecule has 0 radical (unpaired) electrons. The van der Waals surface area contributed by atoms with E-state index < -0.39 is 16.8 Å². The number of allylic oxidation sites excluding steroid dienone is 1. The number of nitro groups is 1. The fourth-order valence-corrected chi connectivity index (χ4v) is 3.47. The molecule has 2 aromatic rings. The smallest absolute Gasteiger partial charge is 0.340 e. The molecule has 1 amide bonds. The van der Waals surface area contributed by atoms with E-state index in [4.69, 9.17) is 27.9 Å². The van der Waals surface area contributed by atoms with Crippen LogP contribution < -0.4 is 4.90 Å².